The normalized spacial score (nSPS) is 16.2. The molecule has 0 atom stereocenters. The molecular formula is C17H19ClN6OS. The number of imidazole rings is 1. The summed E-state index contributed by atoms with van der Waals surface area (Å²) in [5.41, 5.74) is 3.61. The molecule has 3 heterocycles. The van der Waals surface area contributed by atoms with Crippen molar-refractivity contribution >= 4 is 45.0 Å². The highest BCUT2D eigenvalue weighted by Gasteiger charge is 2.26. The van der Waals surface area contributed by atoms with Crippen molar-refractivity contribution in [2.24, 2.45) is 13.0 Å². The number of aryl methyl sites for hydroxylation is 1. The van der Waals surface area contributed by atoms with Gasteiger partial charge in [0.2, 0.25) is 11.0 Å². The Morgan fingerprint density at radius 3 is 2.92 bits per heavy atom. The second-order valence-electron chi connectivity index (χ2n) is 6.50. The summed E-state index contributed by atoms with van der Waals surface area (Å²) < 4.78 is 2.11. The molecule has 1 fully saturated rings. The highest BCUT2D eigenvalue weighted by Crippen LogP contribution is 2.23. The van der Waals surface area contributed by atoms with E-state index in [1.54, 1.807) is 5.51 Å². The van der Waals surface area contributed by atoms with Crippen molar-refractivity contribution < 1.29 is 4.79 Å². The van der Waals surface area contributed by atoms with Crippen LogP contribution in [0.1, 0.15) is 18.7 Å². The molecule has 0 aliphatic carbocycles. The number of nitrogens with one attached hydrogen (secondary N) is 1. The Hall–Kier alpha value is -2.03. The van der Waals surface area contributed by atoms with Crippen molar-refractivity contribution in [3.05, 3.63) is 34.6 Å². The standard InChI is InChI=1S/C17H19ClN6OS/c1-23-14-3-2-12(18)8-13(14)20-15(23)9-24-6-4-11(5-7-24)16(25)21-17-22-19-10-26-17/h2-3,8,10-11H,4-7,9H2,1H3,(H,21,22,25). The molecule has 1 aliphatic rings. The monoisotopic (exact) mass is 390 g/mol. The maximum Gasteiger partial charge on any atom is 0.229 e. The molecule has 1 saturated heterocycles. The minimum atomic E-state index is 0.0226. The van der Waals surface area contributed by atoms with Crippen molar-refractivity contribution in [1.82, 2.24) is 24.6 Å². The molecule has 0 saturated carbocycles. The topological polar surface area (TPSA) is 75.9 Å². The van der Waals surface area contributed by atoms with Crippen LogP contribution in [-0.4, -0.2) is 43.6 Å². The fourth-order valence-electron chi connectivity index (χ4n) is 3.35. The Kier molecular flexibility index (Phi) is 4.88. The molecule has 7 nitrogen and oxygen atoms in total. The minimum absolute atomic E-state index is 0.0226. The fraction of sp³-hybridized carbons (Fsp3) is 0.412. The molecule has 4 rings (SSSR count). The Balaban J connectivity index is 1.36. The van der Waals surface area contributed by atoms with Crippen molar-refractivity contribution in [2.45, 2.75) is 19.4 Å². The van der Waals surface area contributed by atoms with Gasteiger partial charge < -0.3 is 9.88 Å². The molecule has 2 aromatic heterocycles. The van der Waals surface area contributed by atoms with Crippen LogP contribution in [0.2, 0.25) is 5.02 Å². The molecule has 1 aromatic carbocycles. The summed E-state index contributed by atoms with van der Waals surface area (Å²) in [7, 11) is 2.03. The number of piperidine rings is 1. The van der Waals surface area contributed by atoms with Gasteiger partial charge in [0.05, 0.1) is 17.6 Å². The smallest absolute Gasteiger partial charge is 0.229 e. The van der Waals surface area contributed by atoms with Crippen molar-refractivity contribution in [3.63, 3.8) is 0 Å². The van der Waals surface area contributed by atoms with Crippen molar-refractivity contribution in [2.75, 3.05) is 18.4 Å². The third kappa shape index (κ3) is 3.58. The first-order valence-electron chi connectivity index (χ1n) is 8.50. The number of hydrogen-bond acceptors (Lipinski definition) is 6. The van der Waals surface area contributed by atoms with Gasteiger partial charge in [-0.1, -0.05) is 22.9 Å². The molecule has 0 bridgehead atoms. The van der Waals surface area contributed by atoms with Crippen molar-refractivity contribution in [1.29, 1.82) is 0 Å². The molecule has 0 radical (unpaired) electrons. The van der Waals surface area contributed by atoms with Gasteiger partial charge in [0.25, 0.3) is 0 Å². The number of rotatable bonds is 4. The summed E-state index contributed by atoms with van der Waals surface area (Å²) in [4.78, 5) is 19.4. The Morgan fingerprint density at radius 2 is 2.19 bits per heavy atom. The molecular weight excluding hydrogens is 372 g/mol. The quantitative estimate of drug-likeness (QED) is 0.741. The zero-order chi connectivity index (χ0) is 18.1. The maximum atomic E-state index is 12.3. The zero-order valence-corrected chi connectivity index (χ0v) is 15.9. The van der Waals surface area contributed by atoms with E-state index in [0.717, 1.165) is 49.3 Å². The van der Waals surface area contributed by atoms with E-state index in [0.29, 0.717) is 10.2 Å². The van der Waals surface area contributed by atoms with Gasteiger partial charge in [-0.2, -0.15) is 0 Å². The van der Waals surface area contributed by atoms with Crippen LogP contribution in [0.5, 0.6) is 0 Å². The maximum absolute atomic E-state index is 12.3. The highest BCUT2D eigenvalue weighted by atomic mass is 35.5. The number of anilines is 1. The van der Waals surface area contributed by atoms with E-state index in [1.165, 1.54) is 11.3 Å². The number of amides is 1. The molecule has 0 unspecified atom stereocenters. The van der Waals surface area contributed by atoms with Gasteiger partial charge in [-0.15, -0.1) is 10.2 Å². The van der Waals surface area contributed by atoms with Crippen molar-refractivity contribution in [3.8, 4) is 0 Å². The van der Waals surface area contributed by atoms with Gasteiger partial charge in [0.15, 0.2) is 0 Å². The van der Waals surface area contributed by atoms with E-state index in [9.17, 15) is 4.79 Å². The number of likely N-dealkylation sites (tertiary alicyclic amines) is 1. The van der Waals surface area contributed by atoms with E-state index in [2.05, 4.69) is 25.0 Å². The number of hydrogen-bond donors (Lipinski definition) is 1. The molecule has 1 amide bonds. The average Bonchev–Trinajstić information content (AvgIpc) is 3.24. The van der Waals surface area contributed by atoms with E-state index >= 15 is 0 Å². The molecule has 9 heteroatoms. The van der Waals surface area contributed by atoms with E-state index < -0.39 is 0 Å². The van der Waals surface area contributed by atoms with Crippen LogP contribution in [0.3, 0.4) is 0 Å². The first-order valence-corrected chi connectivity index (χ1v) is 9.76. The number of benzene rings is 1. The number of carbonyl (C=O) groups excluding carboxylic acids is 1. The first-order chi connectivity index (χ1) is 12.6. The summed E-state index contributed by atoms with van der Waals surface area (Å²) in [5.74, 6) is 1.08. The lowest BCUT2D eigenvalue weighted by atomic mass is 9.96. The van der Waals surface area contributed by atoms with Gasteiger partial charge in [0.1, 0.15) is 11.3 Å². The number of aromatic nitrogens is 4. The van der Waals surface area contributed by atoms with Crippen LogP contribution in [0.15, 0.2) is 23.7 Å². The molecule has 3 aromatic rings. The second kappa shape index (κ2) is 7.30. The van der Waals surface area contributed by atoms with Crippen LogP contribution in [-0.2, 0) is 18.4 Å². The van der Waals surface area contributed by atoms with Crippen LogP contribution in [0.4, 0.5) is 5.13 Å². The van der Waals surface area contributed by atoms with E-state index in [-0.39, 0.29) is 11.8 Å². The SMILES string of the molecule is Cn1c(CN2CCC(C(=O)Nc3nncs3)CC2)nc2cc(Cl)ccc21. The molecule has 1 N–H and O–H groups in total. The molecule has 1 aliphatic heterocycles. The lowest BCUT2D eigenvalue weighted by Crippen LogP contribution is -2.38. The molecule has 0 spiro atoms. The number of carbonyl (C=O) groups is 1. The van der Waals surface area contributed by atoms with Crippen LogP contribution in [0, 0.1) is 5.92 Å². The Labute approximate surface area is 160 Å². The summed E-state index contributed by atoms with van der Waals surface area (Å²) in [6.45, 7) is 2.52. The zero-order valence-electron chi connectivity index (χ0n) is 14.4. The molecule has 136 valence electrons. The Bertz CT molecular complexity index is 917. The molecule has 26 heavy (non-hydrogen) atoms. The number of nitrogens with zero attached hydrogens (tertiary/aromatic N) is 5. The van der Waals surface area contributed by atoms with Gasteiger partial charge >= 0.3 is 0 Å². The highest BCUT2D eigenvalue weighted by molar-refractivity contribution is 7.13. The van der Waals surface area contributed by atoms with E-state index in [4.69, 9.17) is 16.6 Å². The van der Waals surface area contributed by atoms with Gasteiger partial charge in [-0.25, -0.2) is 4.98 Å². The predicted molar refractivity (Wildman–Crippen MR) is 102 cm³/mol. The fourth-order valence-corrected chi connectivity index (χ4v) is 3.97. The minimum Gasteiger partial charge on any atom is -0.330 e. The van der Waals surface area contributed by atoms with Gasteiger partial charge in [-0.05, 0) is 44.1 Å². The van der Waals surface area contributed by atoms with Gasteiger partial charge in [0, 0.05) is 18.0 Å². The lowest BCUT2D eigenvalue weighted by Gasteiger charge is -2.30. The Morgan fingerprint density at radius 1 is 1.38 bits per heavy atom. The van der Waals surface area contributed by atoms with Crippen LogP contribution in [0.25, 0.3) is 11.0 Å². The lowest BCUT2D eigenvalue weighted by molar-refractivity contribution is -0.121. The van der Waals surface area contributed by atoms with Gasteiger partial charge in [-0.3, -0.25) is 9.69 Å². The largest absolute Gasteiger partial charge is 0.330 e. The first kappa shape index (κ1) is 17.4. The summed E-state index contributed by atoms with van der Waals surface area (Å²) >= 11 is 7.40. The third-order valence-electron chi connectivity index (χ3n) is 4.85. The van der Waals surface area contributed by atoms with Crippen LogP contribution < -0.4 is 5.32 Å². The van der Waals surface area contributed by atoms with E-state index in [1.807, 2.05) is 25.2 Å². The summed E-state index contributed by atoms with van der Waals surface area (Å²) in [5, 5.41) is 11.7. The summed E-state index contributed by atoms with van der Waals surface area (Å²) in [6, 6.07) is 5.78. The number of fused-ring (bicyclic) bond motifs is 1. The summed E-state index contributed by atoms with van der Waals surface area (Å²) in [6.07, 6.45) is 1.67. The second-order valence-corrected chi connectivity index (χ2v) is 7.77. The average molecular weight is 391 g/mol. The van der Waals surface area contributed by atoms with Crippen LogP contribution >= 0.6 is 22.9 Å². The predicted octanol–water partition coefficient (Wildman–Crippen LogP) is 2.93. The third-order valence-corrected chi connectivity index (χ3v) is 5.69. The number of halogens is 1.